The topological polar surface area (TPSA) is 105 Å². The minimum Gasteiger partial charge on any atom is -0.481 e. The van der Waals surface area contributed by atoms with Crippen LogP contribution in [0.4, 0.5) is 0 Å². The third-order valence-corrected chi connectivity index (χ3v) is 3.70. The number of ether oxygens (including phenoxy) is 1. The highest BCUT2D eigenvalue weighted by Crippen LogP contribution is 2.30. The van der Waals surface area contributed by atoms with Gasteiger partial charge in [0.05, 0.1) is 18.4 Å². The Morgan fingerprint density at radius 1 is 1.10 bits per heavy atom. The Morgan fingerprint density at radius 2 is 1.76 bits per heavy atom. The molecule has 0 bridgehead atoms. The first-order valence-corrected chi connectivity index (χ1v) is 7.32. The second kappa shape index (κ2) is 9.33. The molecule has 0 aromatic rings. The van der Waals surface area contributed by atoms with Crippen LogP contribution >= 0.6 is 0 Å². The van der Waals surface area contributed by atoms with Crippen LogP contribution in [-0.4, -0.2) is 49.7 Å². The molecule has 0 aliphatic heterocycles. The minimum absolute atomic E-state index is 0.161. The number of carbonyl (C=O) groups is 3. The molecule has 1 rings (SSSR count). The van der Waals surface area contributed by atoms with Crippen LogP contribution in [0.25, 0.3) is 0 Å². The fourth-order valence-electron chi connectivity index (χ4n) is 2.55. The summed E-state index contributed by atoms with van der Waals surface area (Å²) in [6.45, 7) is 1.11. The van der Waals surface area contributed by atoms with Crippen molar-refractivity contribution in [3.05, 3.63) is 0 Å². The van der Waals surface area contributed by atoms with Crippen LogP contribution in [0.2, 0.25) is 0 Å². The third kappa shape index (κ3) is 6.12. The quantitative estimate of drug-likeness (QED) is 0.553. The summed E-state index contributed by atoms with van der Waals surface area (Å²) in [6.07, 6.45) is 3.05. The van der Waals surface area contributed by atoms with Gasteiger partial charge in [-0.05, 0) is 12.8 Å². The minimum atomic E-state index is -0.910. The number of hydrogen-bond acceptors (Lipinski definition) is 4. The summed E-state index contributed by atoms with van der Waals surface area (Å²) >= 11 is 0. The fourth-order valence-corrected chi connectivity index (χ4v) is 2.55. The van der Waals surface area contributed by atoms with E-state index in [0.29, 0.717) is 26.0 Å². The van der Waals surface area contributed by atoms with E-state index in [1.807, 2.05) is 0 Å². The molecule has 7 nitrogen and oxygen atoms in total. The van der Waals surface area contributed by atoms with Crippen molar-refractivity contribution < 1.29 is 24.2 Å². The SMILES string of the molecule is COCCNC(=O)CCNC(=O)[C@@H]1CCCC[C@@H]1C(=O)O. The number of amides is 2. The van der Waals surface area contributed by atoms with E-state index in [-0.39, 0.29) is 24.8 Å². The number of nitrogens with one attached hydrogen (secondary N) is 2. The van der Waals surface area contributed by atoms with Crippen molar-refractivity contribution in [1.29, 1.82) is 0 Å². The lowest BCUT2D eigenvalue weighted by molar-refractivity contribution is -0.149. The van der Waals surface area contributed by atoms with E-state index in [0.717, 1.165) is 12.8 Å². The molecule has 21 heavy (non-hydrogen) atoms. The first-order valence-electron chi connectivity index (χ1n) is 7.32. The predicted octanol–water partition coefficient (Wildman–Crippen LogP) is 0.146. The third-order valence-electron chi connectivity index (χ3n) is 3.70. The van der Waals surface area contributed by atoms with Gasteiger partial charge in [0.2, 0.25) is 11.8 Å². The summed E-state index contributed by atoms with van der Waals surface area (Å²) < 4.78 is 4.81. The number of carboxylic acids is 1. The highest BCUT2D eigenvalue weighted by molar-refractivity contribution is 5.85. The number of carboxylic acid groups (broad SMARTS) is 1. The molecule has 1 aliphatic carbocycles. The highest BCUT2D eigenvalue weighted by atomic mass is 16.5. The van der Waals surface area contributed by atoms with Gasteiger partial charge in [-0.3, -0.25) is 14.4 Å². The molecular formula is C14H24N2O5. The second-order valence-electron chi connectivity index (χ2n) is 5.22. The Hall–Kier alpha value is -1.63. The Morgan fingerprint density at radius 3 is 2.38 bits per heavy atom. The van der Waals surface area contributed by atoms with Crippen LogP contribution in [-0.2, 0) is 19.1 Å². The van der Waals surface area contributed by atoms with E-state index in [4.69, 9.17) is 9.84 Å². The van der Waals surface area contributed by atoms with Crippen LogP contribution in [0.3, 0.4) is 0 Å². The van der Waals surface area contributed by atoms with Crippen molar-refractivity contribution in [2.75, 3.05) is 26.8 Å². The molecule has 1 fully saturated rings. The van der Waals surface area contributed by atoms with Crippen LogP contribution in [0.5, 0.6) is 0 Å². The smallest absolute Gasteiger partial charge is 0.307 e. The molecule has 0 radical (unpaired) electrons. The molecule has 1 aliphatic rings. The fraction of sp³-hybridized carbons (Fsp3) is 0.786. The maximum Gasteiger partial charge on any atom is 0.307 e. The number of methoxy groups -OCH3 is 1. The van der Waals surface area contributed by atoms with Gasteiger partial charge in [-0.25, -0.2) is 0 Å². The number of hydrogen-bond donors (Lipinski definition) is 3. The van der Waals surface area contributed by atoms with Crippen LogP contribution in [0.15, 0.2) is 0 Å². The Balaban J connectivity index is 2.29. The van der Waals surface area contributed by atoms with E-state index < -0.39 is 17.8 Å². The number of carbonyl (C=O) groups excluding carboxylic acids is 2. The largest absolute Gasteiger partial charge is 0.481 e. The predicted molar refractivity (Wildman–Crippen MR) is 75.6 cm³/mol. The molecule has 3 N–H and O–H groups in total. The van der Waals surface area contributed by atoms with Crippen molar-refractivity contribution >= 4 is 17.8 Å². The lowest BCUT2D eigenvalue weighted by Gasteiger charge is -2.27. The Bertz CT molecular complexity index is 372. The van der Waals surface area contributed by atoms with Crippen molar-refractivity contribution in [3.8, 4) is 0 Å². The van der Waals surface area contributed by atoms with E-state index in [1.54, 1.807) is 7.11 Å². The molecule has 0 heterocycles. The summed E-state index contributed by atoms with van der Waals surface area (Å²) in [6, 6.07) is 0. The summed E-state index contributed by atoms with van der Waals surface area (Å²) in [5.41, 5.74) is 0. The zero-order chi connectivity index (χ0) is 15.7. The standard InChI is InChI=1S/C14H24N2O5/c1-21-9-8-15-12(17)6-7-16-13(18)10-4-2-3-5-11(10)14(19)20/h10-11H,2-9H2,1H3,(H,15,17)(H,16,18)(H,19,20)/t10-,11+/m1/s1. The van der Waals surface area contributed by atoms with E-state index >= 15 is 0 Å². The van der Waals surface area contributed by atoms with Crippen molar-refractivity contribution in [2.24, 2.45) is 11.8 Å². The molecule has 2 amide bonds. The van der Waals surface area contributed by atoms with Crippen molar-refractivity contribution in [3.63, 3.8) is 0 Å². The molecule has 0 aromatic heterocycles. The average Bonchev–Trinajstić information content (AvgIpc) is 2.47. The summed E-state index contributed by atoms with van der Waals surface area (Å²) in [4.78, 5) is 34.6. The van der Waals surface area contributed by atoms with E-state index in [1.165, 1.54) is 0 Å². The molecule has 0 saturated heterocycles. The van der Waals surface area contributed by atoms with Gasteiger partial charge in [-0.15, -0.1) is 0 Å². The van der Waals surface area contributed by atoms with Gasteiger partial charge in [-0.1, -0.05) is 12.8 Å². The summed E-state index contributed by atoms with van der Waals surface area (Å²) in [7, 11) is 1.55. The normalized spacial score (nSPS) is 21.6. The lowest BCUT2D eigenvalue weighted by Crippen LogP contribution is -2.41. The van der Waals surface area contributed by atoms with E-state index in [2.05, 4.69) is 10.6 Å². The maximum atomic E-state index is 12.0. The first-order chi connectivity index (χ1) is 10.1. The molecule has 7 heteroatoms. The molecule has 0 unspecified atom stereocenters. The molecule has 120 valence electrons. The highest BCUT2D eigenvalue weighted by Gasteiger charge is 2.35. The molecule has 1 saturated carbocycles. The van der Waals surface area contributed by atoms with Crippen LogP contribution in [0.1, 0.15) is 32.1 Å². The monoisotopic (exact) mass is 300 g/mol. The van der Waals surface area contributed by atoms with Crippen LogP contribution < -0.4 is 10.6 Å². The van der Waals surface area contributed by atoms with Crippen molar-refractivity contribution in [1.82, 2.24) is 10.6 Å². The second-order valence-corrected chi connectivity index (χ2v) is 5.22. The molecule has 2 atom stereocenters. The van der Waals surface area contributed by atoms with Crippen LogP contribution in [0, 0.1) is 11.8 Å². The molecule has 0 spiro atoms. The maximum absolute atomic E-state index is 12.0. The summed E-state index contributed by atoms with van der Waals surface area (Å²) in [5, 5.41) is 14.5. The van der Waals surface area contributed by atoms with E-state index in [9.17, 15) is 14.4 Å². The lowest BCUT2D eigenvalue weighted by atomic mass is 9.78. The Labute approximate surface area is 124 Å². The van der Waals surface area contributed by atoms with Gasteiger partial charge in [0.1, 0.15) is 0 Å². The number of rotatable bonds is 8. The van der Waals surface area contributed by atoms with Gasteiger partial charge in [0.15, 0.2) is 0 Å². The molecular weight excluding hydrogens is 276 g/mol. The zero-order valence-electron chi connectivity index (χ0n) is 12.4. The molecule has 0 aromatic carbocycles. The van der Waals surface area contributed by atoms with Gasteiger partial charge in [-0.2, -0.15) is 0 Å². The number of aliphatic carboxylic acids is 1. The van der Waals surface area contributed by atoms with Gasteiger partial charge >= 0.3 is 5.97 Å². The van der Waals surface area contributed by atoms with Gasteiger partial charge in [0, 0.05) is 26.6 Å². The van der Waals surface area contributed by atoms with Gasteiger partial charge < -0.3 is 20.5 Å². The Kier molecular flexibility index (Phi) is 7.74. The van der Waals surface area contributed by atoms with Crippen molar-refractivity contribution in [2.45, 2.75) is 32.1 Å². The zero-order valence-corrected chi connectivity index (χ0v) is 12.4. The van der Waals surface area contributed by atoms with Gasteiger partial charge in [0.25, 0.3) is 0 Å². The average molecular weight is 300 g/mol. The first kappa shape index (κ1) is 17.4. The summed E-state index contributed by atoms with van der Waals surface area (Å²) in [5.74, 6) is -2.41.